The Morgan fingerprint density at radius 2 is 2.35 bits per heavy atom. The van der Waals surface area contributed by atoms with Gasteiger partial charge < -0.3 is 19.7 Å². The predicted molar refractivity (Wildman–Crippen MR) is 54.7 cm³/mol. The van der Waals surface area contributed by atoms with E-state index in [-0.39, 0.29) is 18.2 Å². The normalized spacial score (nSPS) is 34.3. The topological polar surface area (TPSA) is 93.8 Å². The van der Waals surface area contributed by atoms with Crippen LogP contribution >= 0.6 is 0 Å². The van der Waals surface area contributed by atoms with Crippen LogP contribution in [-0.2, 0) is 4.74 Å². The van der Waals surface area contributed by atoms with Crippen LogP contribution in [0.25, 0.3) is 0 Å². The molecule has 1 aromatic rings. The molecule has 0 amide bonds. The van der Waals surface area contributed by atoms with Crippen molar-refractivity contribution in [1.82, 2.24) is 9.55 Å². The van der Waals surface area contributed by atoms with Gasteiger partial charge in [0.05, 0.1) is 6.61 Å². The molecule has 7 nitrogen and oxygen atoms in total. The molecule has 0 aliphatic carbocycles. The van der Waals surface area contributed by atoms with Gasteiger partial charge in [-0.3, -0.25) is 9.36 Å². The Morgan fingerprint density at radius 3 is 3.06 bits per heavy atom. The van der Waals surface area contributed by atoms with Crippen LogP contribution in [0.4, 0.5) is 0 Å². The van der Waals surface area contributed by atoms with E-state index in [1.54, 1.807) is 17.7 Å². The van der Waals surface area contributed by atoms with Crippen molar-refractivity contribution >= 4 is 0 Å². The molecule has 3 rings (SSSR count). The Labute approximate surface area is 96.2 Å². The van der Waals surface area contributed by atoms with Gasteiger partial charge in [-0.25, -0.2) is 0 Å². The summed E-state index contributed by atoms with van der Waals surface area (Å²) in [4.78, 5) is 15.1. The molecule has 7 heteroatoms. The maximum Gasteiger partial charge on any atom is 0.302 e. The number of hydrogen-bond acceptors (Lipinski definition) is 6. The maximum atomic E-state index is 11.4. The predicted octanol–water partition coefficient (Wildman–Crippen LogP) is -1.44. The SMILES string of the molecule is Cc1cn2c(nc1=O)O[C@@H]1C2O[C@H](CO)[C@H]1O. The van der Waals surface area contributed by atoms with Crippen molar-refractivity contribution in [2.24, 2.45) is 0 Å². The van der Waals surface area contributed by atoms with Gasteiger partial charge in [-0.2, -0.15) is 4.98 Å². The summed E-state index contributed by atoms with van der Waals surface area (Å²) in [5.41, 5.74) is 0.118. The van der Waals surface area contributed by atoms with E-state index >= 15 is 0 Å². The fourth-order valence-electron chi connectivity index (χ4n) is 2.16. The van der Waals surface area contributed by atoms with Crippen molar-refractivity contribution in [2.75, 3.05) is 6.61 Å². The van der Waals surface area contributed by atoms with Crippen LogP contribution in [0.2, 0.25) is 0 Å². The zero-order valence-electron chi connectivity index (χ0n) is 9.11. The minimum Gasteiger partial charge on any atom is -0.453 e. The lowest BCUT2D eigenvalue weighted by Gasteiger charge is -2.14. The van der Waals surface area contributed by atoms with Crippen LogP contribution in [0.3, 0.4) is 0 Å². The van der Waals surface area contributed by atoms with E-state index in [1.165, 1.54) is 0 Å². The number of rotatable bonds is 1. The van der Waals surface area contributed by atoms with Gasteiger partial charge in [-0.1, -0.05) is 0 Å². The number of hydrogen-bond donors (Lipinski definition) is 2. The highest BCUT2D eigenvalue weighted by Crippen LogP contribution is 2.38. The number of aromatic nitrogens is 2. The van der Waals surface area contributed by atoms with Crippen LogP contribution in [0.1, 0.15) is 11.8 Å². The van der Waals surface area contributed by atoms with Gasteiger partial charge in [0.1, 0.15) is 12.2 Å². The molecular formula is C10H12N2O5. The van der Waals surface area contributed by atoms with E-state index < -0.39 is 24.5 Å². The van der Waals surface area contributed by atoms with Crippen molar-refractivity contribution in [2.45, 2.75) is 31.5 Å². The van der Waals surface area contributed by atoms with Gasteiger partial charge in [0.15, 0.2) is 12.3 Å². The molecular weight excluding hydrogens is 228 g/mol. The summed E-state index contributed by atoms with van der Waals surface area (Å²) in [7, 11) is 0. The molecule has 4 atom stereocenters. The highest BCUT2D eigenvalue weighted by atomic mass is 16.6. The Balaban J connectivity index is 2.02. The van der Waals surface area contributed by atoms with Gasteiger partial charge in [0.25, 0.3) is 5.56 Å². The van der Waals surface area contributed by atoms with Crippen LogP contribution in [0.15, 0.2) is 11.0 Å². The highest BCUT2D eigenvalue weighted by Gasteiger charge is 2.50. The number of aliphatic hydroxyl groups is 2. The summed E-state index contributed by atoms with van der Waals surface area (Å²) in [6.07, 6.45) is -1.17. The quantitative estimate of drug-likeness (QED) is 0.624. The second-order valence-electron chi connectivity index (χ2n) is 4.24. The van der Waals surface area contributed by atoms with Gasteiger partial charge in [0.2, 0.25) is 0 Å². The lowest BCUT2D eigenvalue weighted by Crippen LogP contribution is -2.34. The molecule has 1 aromatic heterocycles. The molecule has 0 aromatic carbocycles. The molecule has 1 unspecified atom stereocenters. The molecule has 2 aliphatic rings. The summed E-state index contributed by atoms with van der Waals surface area (Å²) in [6, 6.07) is 0.144. The number of fused-ring (bicyclic) bond motifs is 3. The van der Waals surface area contributed by atoms with E-state index in [1.807, 2.05) is 0 Å². The van der Waals surface area contributed by atoms with E-state index in [4.69, 9.17) is 14.6 Å². The molecule has 0 saturated carbocycles. The van der Waals surface area contributed by atoms with Gasteiger partial charge >= 0.3 is 6.01 Å². The summed E-state index contributed by atoms with van der Waals surface area (Å²) in [5, 5.41) is 18.9. The molecule has 2 aliphatic heterocycles. The standard InChI is InChI=1S/C10H12N2O5/c1-4-2-12-9-7(6(14)5(3-13)16-9)17-10(12)11-8(4)15/h2,5-7,9,13-14H,3H2,1H3/t5-,6-,7+,9?/m1/s1. The Bertz CT molecular complexity index is 514. The molecule has 0 spiro atoms. The molecule has 1 fully saturated rings. The Hall–Kier alpha value is -1.44. The summed E-state index contributed by atoms with van der Waals surface area (Å²) >= 11 is 0. The minimum absolute atomic E-state index is 0.144. The van der Waals surface area contributed by atoms with Crippen molar-refractivity contribution in [3.63, 3.8) is 0 Å². The second kappa shape index (κ2) is 3.52. The van der Waals surface area contributed by atoms with Crippen LogP contribution in [0.5, 0.6) is 6.01 Å². The molecule has 1 saturated heterocycles. The highest BCUT2D eigenvalue weighted by molar-refractivity contribution is 5.15. The van der Waals surface area contributed by atoms with E-state index in [2.05, 4.69) is 4.98 Å². The fourth-order valence-corrected chi connectivity index (χ4v) is 2.16. The summed E-state index contributed by atoms with van der Waals surface area (Å²) < 4.78 is 12.4. The minimum atomic E-state index is -0.929. The molecule has 3 heterocycles. The zero-order valence-corrected chi connectivity index (χ0v) is 9.11. The first kappa shape index (κ1) is 10.7. The van der Waals surface area contributed by atoms with Gasteiger partial charge in [-0.05, 0) is 6.92 Å². The second-order valence-corrected chi connectivity index (χ2v) is 4.24. The Morgan fingerprint density at radius 1 is 1.59 bits per heavy atom. The maximum absolute atomic E-state index is 11.4. The molecule has 2 N–H and O–H groups in total. The number of nitrogens with zero attached hydrogens (tertiary/aromatic N) is 2. The number of aliphatic hydroxyl groups excluding tert-OH is 2. The van der Waals surface area contributed by atoms with Crippen LogP contribution in [0, 0.1) is 6.92 Å². The van der Waals surface area contributed by atoms with Crippen molar-refractivity contribution in [3.05, 3.63) is 22.1 Å². The first-order valence-corrected chi connectivity index (χ1v) is 5.32. The summed E-state index contributed by atoms with van der Waals surface area (Å²) in [6.45, 7) is 1.37. The van der Waals surface area contributed by atoms with Crippen molar-refractivity contribution in [3.8, 4) is 6.01 Å². The number of ether oxygens (including phenoxy) is 2. The molecule has 17 heavy (non-hydrogen) atoms. The third kappa shape index (κ3) is 1.40. The van der Waals surface area contributed by atoms with E-state index in [9.17, 15) is 9.90 Å². The molecule has 0 radical (unpaired) electrons. The molecule has 0 bridgehead atoms. The Kier molecular flexibility index (Phi) is 2.22. The van der Waals surface area contributed by atoms with Crippen LogP contribution < -0.4 is 10.3 Å². The monoisotopic (exact) mass is 240 g/mol. The van der Waals surface area contributed by atoms with Crippen LogP contribution in [-0.4, -0.2) is 44.7 Å². The zero-order chi connectivity index (χ0) is 12.2. The first-order chi connectivity index (χ1) is 8.11. The van der Waals surface area contributed by atoms with E-state index in [0.29, 0.717) is 5.56 Å². The number of aryl methyl sites for hydroxylation is 1. The van der Waals surface area contributed by atoms with Crippen molar-refractivity contribution < 1.29 is 19.7 Å². The first-order valence-electron chi connectivity index (χ1n) is 5.32. The lowest BCUT2D eigenvalue weighted by molar-refractivity contribution is -0.0435. The largest absolute Gasteiger partial charge is 0.453 e. The fraction of sp³-hybridized carbons (Fsp3) is 0.600. The van der Waals surface area contributed by atoms with Gasteiger partial charge in [0, 0.05) is 11.8 Å². The third-order valence-corrected chi connectivity index (χ3v) is 3.10. The smallest absolute Gasteiger partial charge is 0.302 e. The molecule has 92 valence electrons. The average molecular weight is 240 g/mol. The third-order valence-electron chi connectivity index (χ3n) is 3.10. The summed E-state index contributed by atoms with van der Waals surface area (Å²) in [5.74, 6) is 0. The van der Waals surface area contributed by atoms with Crippen molar-refractivity contribution in [1.29, 1.82) is 0 Å². The lowest BCUT2D eigenvalue weighted by atomic mass is 10.1. The van der Waals surface area contributed by atoms with Gasteiger partial charge in [-0.15, -0.1) is 0 Å². The van der Waals surface area contributed by atoms with E-state index in [0.717, 1.165) is 0 Å². The average Bonchev–Trinajstić information content (AvgIpc) is 2.78.